The maximum absolute atomic E-state index is 12.1. The highest BCUT2D eigenvalue weighted by atomic mass is 16.2. The Balaban J connectivity index is 1.81. The van der Waals surface area contributed by atoms with Gasteiger partial charge in [0.25, 0.3) is 0 Å². The lowest BCUT2D eigenvalue weighted by molar-refractivity contribution is -0.136. The van der Waals surface area contributed by atoms with Crippen LogP contribution in [0.5, 0.6) is 0 Å². The number of anilines is 1. The summed E-state index contributed by atoms with van der Waals surface area (Å²) in [5.41, 5.74) is 3.95. The molecular weight excluding hydrogens is 300 g/mol. The lowest BCUT2D eigenvalue weighted by Gasteiger charge is -2.12. The molecule has 0 saturated carbocycles. The molecule has 0 aliphatic carbocycles. The van der Waals surface area contributed by atoms with E-state index in [0.717, 1.165) is 36.1 Å². The first kappa shape index (κ1) is 17.7. The molecule has 0 aliphatic heterocycles. The highest BCUT2D eigenvalue weighted by molar-refractivity contribution is 6.39. The van der Waals surface area contributed by atoms with E-state index in [-0.39, 0.29) is 0 Å². The van der Waals surface area contributed by atoms with Crippen LogP contribution in [0.2, 0.25) is 0 Å². The van der Waals surface area contributed by atoms with Crippen LogP contribution in [0.1, 0.15) is 30.0 Å². The van der Waals surface area contributed by atoms with Gasteiger partial charge in [0.1, 0.15) is 0 Å². The Morgan fingerprint density at radius 1 is 0.958 bits per heavy atom. The fraction of sp³-hybridized carbons (Fsp3) is 0.300. The maximum Gasteiger partial charge on any atom is 0.313 e. The van der Waals surface area contributed by atoms with E-state index in [1.54, 1.807) is 0 Å². The summed E-state index contributed by atoms with van der Waals surface area (Å²) in [5, 5.41) is 5.42. The fourth-order valence-electron chi connectivity index (χ4n) is 2.59. The molecule has 0 saturated heterocycles. The molecule has 4 heteroatoms. The number of carbonyl (C=O) groups is 2. The summed E-state index contributed by atoms with van der Waals surface area (Å²) in [4.78, 5) is 24.0. The fourth-order valence-corrected chi connectivity index (χ4v) is 2.59. The second-order valence-corrected chi connectivity index (χ2v) is 5.76. The van der Waals surface area contributed by atoms with Gasteiger partial charge in [-0.15, -0.1) is 0 Å². The molecule has 2 rings (SSSR count). The number of hydrogen-bond acceptors (Lipinski definition) is 2. The summed E-state index contributed by atoms with van der Waals surface area (Å²) in [7, 11) is 0. The van der Waals surface area contributed by atoms with E-state index in [9.17, 15) is 9.59 Å². The Morgan fingerprint density at radius 3 is 2.42 bits per heavy atom. The minimum absolute atomic E-state index is 0.482. The molecule has 2 amide bonds. The Morgan fingerprint density at radius 2 is 1.71 bits per heavy atom. The van der Waals surface area contributed by atoms with Crippen molar-refractivity contribution in [2.24, 2.45) is 0 Å². The minimum Gasteiger partial charge on any atom is -0.348 e. The average molecular weight is 324 g/mol. The molecule has 2 aromatic carbocycles. The van der Waals surface area contributed by atoms with Gasteiger partial charge in [0.15, 0.2) is 0 Å². The average Bonchev–Trinajstić information content (AvgIpc) is 2.61. The molecule has 0 aromatic heterocycles. The predicted octanol–water partition coefficient (Wildman–Crippen LogP) is 3.24. The number of rotatable bonds is 6. The zero-order chi connectivity index (χ0) is 17.4. The third kappa shape index (κ3) is 4.95. The number of carbonyl (C=O) groups excluding carboxylic acids is 2. The molecule has 2 aromatic rings. The van der Waals surface area contributed by atoms with Crippen molar-refractivity contribution < 1.29 is 9.59 Å². The first-order chi connectivity index (χ1) is 11.6. The van der Waals surface area contributed by atoms with Gasteiger partial charge >= 0.3 is 11.8 Å². The first-order valence-corrected chi connectivity index (χ1v) is 8.33. The van der Waals surface area contributed by atoms with Crippen molar-refractivity contribution in [2.45, 2.75) is 33.1 Å². The summed E-state index contributed by atoms with van der Waals surface area (Å²) in [6, 6.07) is 15.9. The topological polar surface area (TPSA) is 58.2 Å². The lowest BCUT2D eigenvalue weighted by atomic mass is 10.1. The number of nitrogens with one attached hydrogen (secondary N) is 2. The van der Waals surface area contributed by atoms with Crippen LogP contribution in [0.3, 0.4) is 0 Å². The molecule has 0 spiro atoms. The number of benzene rings is 2. The van der Waals surface area contributed by atoms with Crippen LogP contribution < -0.4 is 10.6 Å². The van der Waals surface area contributed by atoms with Gasteiger partial charge in [-0.3, -0.25) is 9.59 Å². The van der Waals surface area contributed by atoms with Gasteiger partial charge < -0.3 is 10.6 Å². The van der Waals surface area contributed by atoms with Gasteiger partial charge in [0, 0.05) is 12.2 Å². The summed E-state index contributed by atoms with van der Waals surface area (Å²) in [6.45, 7) is 4.43. The number of para-hydroxylation sites is 1. The lowest BCUT2D eigenvalue weighted by Crippen LogP contribution is -2.36. The number of hydrogen-bond donors (Lipinski definition) is 2. The molecule has 0 atom stereocenters. The Kier molecular flexibility index (Phi) is 6.55. The van der Waals surface area contributed by atoms with Gasteiger partial charge in [-0.1, -0.05) is 55.5 Å². The molecule has 0 unspecified atom stereocenters. The van der Waals surface area contributed by atoms with E-state index < -0.39 is 11.8 Å². The molecule has 2 N–H and O–H groups in total. The van der Waals surface area contributed by atoms with Crippen molar-refractivity contribution in [3.05, 3.63) is 65.2 Å². The van der Waals surface area contributed by atoms with E-state index in [4.69, 9.17) is 0 Å². The molecule has 0 aliphatic rings. The van der Waals surface area contributed by atoms with Crippen molar-refractivity contribution in [3.8, 4) is 0 Å². The van der Waals surface area contributed by atoms with Crippen molar-refractivity contribution >= 4 is 17.5 Å². The van der Waals surface area contributed by atoms with E-state index in [2.05, 4.69) is 22.8 Å². The predicted molar refractivity (Wildman–Crippen MR) is 97.0 cm³/mol. The summed E-state index contributed by atoms with van der Waals surface area (Å²) < 4.78 is 0. The molecular formula is C20H24N2O2. The molecule has 0 bridgehead atoms. The van der Waals surface area contributed by atoms with Gasteiger partial charge in [-0.05, 0) is 42.9 Å². The highest BCUT2D eigenvalue weighted by Crippen LogP contribution is 2.20. The van der Waals surface area contributed by atoms with Crippen LogP contribution in [0.15, 0.2) is 48.5 Å². The summed E-state index contributed by atoms with van der Waals surface area (Å²) in [5.74, 6) is -1.20. The Labute approximate surface area is 143 Å². The van der Waals surface area contributed by atoms with Crippen molar-refractivity contribution in [1.29, 1.82) is 0 Å². The zero-order valence-corrected chi connectivity index (χ0v) is 14.3. The maximum atomic E-state index is 12.1. The van der Waals surface area contributed by atoms with Crippen LogP contribution in [0.4, 0.5) is 5.69 Å². The molecule has 126 valence electrons. The standard InChI is InChI=1S/C20H24N2O2/c1-3-17-13-7-9-15(2)18(17)22-20(24)19(23)21-14-8-12-16-10-5-4-6-11-16/h4-7,9-11,13H,3,8,12,14H2,1-2H3,(H,21,23)(H,22,24). The van der Waals surface area contributed by atoms with Crippen molar-refractivity contribution in [3.63, 3.8) is 0 Å². The van der Waals surface area contributed by atoms with Gasteiger partial charge in [0.05, 0.1) is 0 Å². The van der Waals surface area contributed by atoms with Crippen molar-refractivity contribution in [2.75, 3.05) is 11.9 Å². The first-order valence-electron chi connectivity index (χ1n) is 8.33. The quantitative estimate of drug-likeness (QED) is 0.633. The van der Waals surface area contributed by atoms with E-state index in [0.29, 0.717) is 6.54 Å². The third-order valence-corrected chi connectivity index (χ3v) is 3.96. The Hall–Kier alpha value is -2.62. The van der Waals surface area contributed by atoms with E-state index in [1.165, 1.54) is 5.56 Å². The largest absolute Gasteiger partial charge is 0.348 e. The van der Waals surface area contributed by atoms with Crippen LogP contribution in [0, 0.1) is 6.92 Å². The van der Waals surface area contributed by atoms with Crippen LogP contribution in [0.25, 0.3) is 0 Å². The minimum atomic E-state index is -0.612. The highest BCUT2D eigenvalue weighted by Gasteiger charge is 2.15. The monoisotopic (exact) mass is 324 g/mol. The zero-order valence-electron chi connectivity index (χ0n) is 14.3. The second-order valence-electron chi connectivity index (χ2n) is 5.76. The number of aryl methyl sites for hydroxylation is 3. The second kappa shape index (κ2) is 8.87. The smallest absolute Gasteiger partial charge is 0.313 e. The van der Waals surface area contributed by atoms with Gasteiger partial charge in [-0.2, -0.15) is 0 Å². The van der Waals surface area contributed by atoms with Crippen LogP contribution >= 0.6 is 0 Å². The molecule has 0 heterocycles. The van der Waals surface area contributed by atoms with E-state index in [1.807, 2.05) is 50.2 Å². The molecule has 0 radical (unpaired) electrons. The number of amides is 2. The molecule has 0 fully saturated rings. The van der Waals surface area contributed by atoms with Gasteiger partial charge in [0.2, 0.25) is 0 Å². The normalized spacial score (nSPS) is 10.2. The van der Waals surface area contributed by atoms with Crippen LogP contribution in [-0.2, 0) is 22.4 Å². The summed E-state index contributed by atoms with van der Waals surface area (Å²) >= 11 is 0. The molecule has 4 nitrogen and oxygen atoms in total. The third-order valence-electron chi connectivity index (χ3n) is 3.96. The summed E-state index contributed by atoms with van der Waals surface area (Å²) in [6.07, 6.45) is 2.48. The van der Waals surface area contributed by atoms with Gasteiger partial charge in [-0.25, -0.2) is 0 Å². The Bertz CT molecular complexity index is 696. The van der Waals surface area contributed by atoms with Crippen molar-refractivity contribution in [1.82, 2.24) is 5.32 Å². The SMILES string of the molecule is CCc1cccc(C)c1NC(=O)C(=O)NCCCc1ccccc1. The molecule has 24 heavy (non-hydrogen) atoms. The van der Waals surface area contributed by atoms with Crippen LogP contribution in [-0.4, -0.2) is 18.4 Å². The van der Waals surface area contributed by atoms with E-state index >= 15 is 0 Å².